The van der Waals surface area contributed by atoms with Crippen LogP contribution in [0.25, 0.3) is 22.1 Å². The number of hydrogen-bond donors (Lipinski definition) is 2. The minimum Gasteiger partial charge on any atom is -0.480 e. The number of fused-ring (bicyclic) bond motifs is 3. The number of carboxylic acid groups (broad SMARTS) is 1. The molecule has 1 saturated heterocycles. The lowest BCUT2D eigenvalue weighted by Crippen LogP contribution is -2.36. The van der Waals surface area contributed by atoms with E-state index >= 15 is 0 Å². The van der Waals surface area contributed by atoms with E-state index in [2.05, 4.69) is 20.3 Å². The molecule has 0 aliphatic carbocycles. The molecule has 1 amide bonds. The monoisotopic (exact) mass is 521 g/mol. The molecule has 196 valence electrons. The number of aryl methyl sites for hydroxylation is 1. The lowest BCUT2D eigenvalue weighted by Gasteiger charge is -2.22. The number of amides is 1. The molecule has 0 saturated carbocycles. The Hall–Kier alpha value is -4.79. The number of nitrogens with zero attached hydrogens (tertiary/aromatic N) is 4. The fourth-order valence-corrected chi connectivity index (χ4v) is 5.34. The normalized spacial score (nSPS) is 17.1. The van der Waals surface area contributed by atoms with Gasteiger partial charge < -0.3 is 19.7 Å². The van der Waals surface area contributed by atoms with Crippen LogP contribution in [-0.2, 0) is 16.0 Å². The lowest BCUT2D eigenvalue weighted by molar-refractivity contribution is -0.138. The van der Waals surface area contributed by atoms with Gasteiger partial charge in [-0.15, -0.1) is 0 Å². The molecule has 1 aliphatic heterocycles. The average Bonchev–Trinajstić information content (AvgIpc) is 3.52. The van der Waals surface area contributed by atoms with Gasteiger partial charge in [-0.05, 0) is 67.1 Å². The molecule has 9 nitrogen and oxygen atoms in total. The number of benzene rings is 2. The van der Waals surface area contributed by atoms with Crippen LogP contribution < -0.4 is 10.2 Å². The van der Waals surface area contributed by atoms with E-state index in [1.54, 1.807) is 18.0 Å². The summed E-state index contributed by atoms with van der Waals surface area (Å²) in [4.78, 5) is 40.2. The number of aromatic nitrogens is 3. The molecule has 3 aromatic heterocycles. The summed E-state index contributed by atoms with van der Waals surface area (Å²) in [6.07, 6.45) is 4.88. The highest BCUT2D eigenvalue weighted by molar-refractivity contribution is 6.06. The van der Waals surface area contributed by atoms with E-state index in [1.807, 2.05) is 66.9 Å². The molecule has 2 atom stereocenters. The van der Waals surface area contributed by atoms with Crippen LogP contribution in [0.5, 0.6) is 0 Å². The number of hydrogen-bond acceptors (Lipinski definition) is 7. The quantitative estimate of drug-likeness (QED) is 0.308. The van der Waals surface area contributed by atoms with E-state index in [0.717, 1.165) is 22.9 Å². The molecule has 0 radical (unpaired) electrons. The number of anilines is 2. The largest absolute Gasteiger partial charge is 0.480 e. The number of nitrogens with one attached hydrogen (secondary N) is 1. The van der Waals surface area contributed by atoms with Gasteiger partial charge in [0.1, 0.15) is 23.0 Å². The van der Waals surface area contributed by atoms with Gasteiger partial charge in [-0.2, -0.15) is 0 Å². The molecule has 0 bridgehead atoms. The standard InChI is InChI=1S/C30H27N5O4/c1-18-32-27-23-6-2-3-7-25(23)39-28(27)29(33-18)35-17-21(14-24(35)30(37)38)15-26(36)34-22-10-8-19(9-11-22)13-20-5-4-12-31-16-20/h2-12,16,21,24H,13-15,17H2,1H3,(H,34,36)(H,37,38)/t21-,24+/m1/s1. The maximum Gasteiger partial charge on any atom is 0.326 e. The zero-order chi connectivity index (χ0) is 26.9. The van der Waals surface area contributed by atoms with Crippen molar-refractivity contribution in [3.05, 3.63) is 90.0 Å². The highest BCUT2D eigenvalue weighted by Crippen LogP contribution is 2.37. The minimum absolute atomic E-state index is 0.154. The maximum absolute atomic E-state index is 12.9. The fraction of sp³-hybridized carbons (Fsp3) is 0.233. The topological polar surface area (TPSA) is 121 Å². The van der Waals surface area contributed by atoms with E-state index in [4.69, 9.17) is 4.42 Å². The zero-order valence-electron chi connectivity index (χ0n) is 21.4. The van der Waals surface area contributed by atoms with E-state index in [-0.39, 0.29) is 18.2 Å². The summed E-state index contributed by atoms with van der Waals surface area (Å²) in [5.74, 6) is -0.290. The molecule has 1 aliphatic rings. The number of furan rings is 1. The minimum atomic E-state index is -0.956. The predicted octanol–water partition coefficient (Wildman–Crippen LogP) is 4.98. The number of carbonyl (C=O) groups is 2. The first kappa shape index (κ1) is 24.5. The third-order valence-electron chi connectivity index (χ3n) is 7.10. The molecule has 1 fully saturated rings. The van der Waals surface area contributed by atoms with Gasteiger partial charge >= 0.3 is 5.97 Å². The summed E-state index contributed by atoms with van der Waals surface area (Å²) in [5.41, 5.74) is 4.73. The Labute approximate surface area is 224 Å². The number of carbonyl (C=O) groups excluding carboxylic acids is 1. The smallest absolute Gasteiger partial charge is 0.326 e. The summed E-state index contributed by atoms with van der Waals surface area (Å²) >= 11 is 0. The number of carboxylic acids is 1. The fourth-order valence-electron chi connectivity index (χ4n) is 5.34. The molecule has 2 aromatic carbocycles. The third-order valence-corrected chi connectivity index (χ3v) is 7.10. The van der Waals surface area contributed by atoms with Gasteiger partial charge in [-0.3, -0.25) is 9.78 Å². The second kappa shape index (κ2) is 10.2. The molecule has 9 heteroatoms. The van der Waals surface area contributed by atoms with Gasteiger partial charge in [0.25, 0.3) is 0 Å². The maximum atomic E-state index is 12.9. The van der Waals surface area contributed by atoms with Crippen molar-refractivity contribution in [1.29, 1.82) is 0 Å². The molecule has 5 aromatic rings. The second-order valence-electron chi connectivity index (χ2n) is 9.97. The highest BCUT2D eigenvalue weighted by Gasteiger charge is 2.40. The Balaban J connectivity index is 1.17. The van der Waals surface area contributed by atoms with Crippen LogP contribution in [0.15, 0.2) is 77.5 Å². The van der Waals surface area contributed by atoms with Crippen LogP contribution in [0.3, 0.4) is 0 Å². The van der Waals surface area contributed by atoms with E-state index < -0.39 is 12.0 Å². The first-order valence-corrected chi connectivity index (χ1v) is 12.9. The molecule has 2 N–H and O–H groups in total. The van der Waals surface area contributed by atoms with Crippen LogP contribution >= 0.6 is 0 Å². The number of aliphatic carboxylic acids is 1. The Bertz CT molecular complexity index is 1670. The lowest BCUT2D eigenvalue weighted by atomic mass is 10.0. The number of pyridine rings is 1. The first-order valence-electron chi connectivity index (χ1n) is 12.9. The third kappa shape index (κ3) is 5.03. The van der Waals surface area contributed by atoms with Crippen molar-refractivity contribution >= 4 is 45.5 Å². The van der Waals surface area contributed by atoms with Gasteiger partial charge in [-0.25, -0.2) is 14.8 Å². The van der Waals surface area contributed by atoms with Crippen LogP contribution in [0.4, 0.5) is 11.5 Å². The van der Waals surface area contributed by atoms with Crippen LogP contribution in [0.1, 0.15) is 29.8 Å². The summed E-state index contributed by atoms with van der Waals surface area (Å²) in [5, 5.41) is 13.8. The average molecular weight is 522 g/mol. The Morgan fingerprint density at radius 1 is 1.05 bits per heavy atom. The first-order chi connectivity index (χ1) is 18.9. The van der Waals surface area contributed by atoms with E-state index in [1.165, 1.54) is 0 Å². The SMILES string of the molecule is Cc1nc(N2C[C@@H](CC(=O)Nc3ccc(Cc4cccnc4)cc3)C[C@H]2C(=O)O)c2oc3ccccc3c2n1. The van der Waals surface area contributed by atoms with Crippen LogP contribution in [-0.4, -0.2) is 44.5 Å². The summed E-state index contributed by atoms with van der Waals surface area (Å²) in [6.45, 7) is 2.15. The zero-order valence-corrected chi connectivity index (χ0v) is 21.4. The van der Waals surface area contributed by atoms with Crippen molar-refractivity contribution < 1.29 is 19.1 Å². The van der Waals surface area contributed by atoms with Crippen LogP contribution in [0, 0.1) is 12.8 Å². The molecular weight excluding hydrogens is 494 g/mol. The second-order valence-corrected chi connectivity index (χ2v) is 9.97. The summed E-state index contributed by atoms with van der Waals surface area (Å²) in [6, 6.07) is 18.4. The Morgan fingerprint density at radius 3 is 2.64 bits per heavy atom. The molecule has 39 heavy (non-hydrogen) atoms. The van der Waals surface area contributed by atoms with Gasteiger partial charge in [0.2, 0.25) is 5.91 Å². The van der Waals surface area contributed by atoms with Crippen molar-refractivity contribution in [2.45, 2.75) is 32.2 Å². The van der Waals surface area contributed by atoms with Crippen molar-refractivity contribution in [2.75, 3.05) is 16.8 Å². The summed E-state index contributed by atoms with van der Waals surface area (Å²) < 4.78 is 6.08. The summed E-state index contributed by atoms with van der Waals surface area (Å²) in [7, 11) is 0. The van der Waals surface area contributed by atoms with Gasteiger partial charge in [0.05, 0.1) is 0 Å². The number of rotatable bonds is 7. The van der Waals surface area contributed by atoms with Crippen molar-refractivity contribution in [1.82, 2.24) is 15.0 Å². The van der Waals surface area contributed by atoms with Gasteiger partial charge in [0.15, 0.2) is 11.4 Å². The molecule has 0 spiro atoms. The van der Waals surface area contributed by atoms with Crippen molar-refractivity contribution in [3.63, 3.8) is 0 Å². The predicted molar refractivity (Wildman–Crippen MR) is 148 cm³/mol. The Morgan fingerprint density at radius 2 is 1.87 bits per heavy atom. The molecule has 6 rings (SSSR count). The van der Waals surface area contributed by atoms with Crippen molar-refractivity contribution in [2.24, 2.45) is 5.92 Å². The Kier molecular flexibility index (Phi) is 6.40. The van der Waals surface area contributed by atoms with Crippen molar-refractivity contribution in [3.8, 4) is 0 Å². The van der Waals surface area contributed by atoms with E-state index in [9.17, 15) is 14.7 Å². The van der Waals surface area contributed by atoms with E-state index in [0.29, 0.717) is 47.0 Å². The van der Waals surface area contributed by atoms with Crippen LogP contribution in [0.2, 0.25) is 0 Å². The highest BCUT2D eigenvalue weighted by atomic mass is 16.4. The molecular formula is C30H27N5O4. The van der Waals surface area contributed by atoms with Gasteiger partial charge in [-0.1, -0.05) is 30.3 Å². The number of para-hydroxylation sites is 1. The molecule has 0 unspecified atom stereocenters. The van der Waals surface area contributed by atoms with Gasteiger partial charge in [0, 0.05) is 36.4 Å². The molecule has 4 heterocycles.